The van der Waals surface area contributed by atoms with Gasteiger partial charge in [-0.15, -0.1) is 0 Å². The van der Waals surface area contributed by atoms with Gasteiger partial charge in [-0.2, -0.15) is 0 Å². The maximum atomic E-state index is 4.96. The van der Waals surface area contributed by atoms with Crippen LogP contribution in [0.2, 0.25) is 0 Å². The highest BCUT2D eigenvalue weighted by Crippen LogP contribution is 2.16. The number of ether oxygens (including phenoxy) is 1. The van der Waals surface area contributed by atoms with E-state index in [4.69, 9.17) is 4.74 Å². The molecule has 3 nitrogen and oxygen atoms in total. The summed E-state index contributed by atoms with van der Waals surface area (Å²) in [7, 11) is 1.62. The molecule has 0 atom stereocenters. The average molecular weight is 154 g/mol. The van der Waals surface area contributed by atoms with Crippen molar-refractivity contribution in [1.29, 1.82) is 0 Å². The molecular weight excluding hydrogens is 140 g/mol. The molecule has 1 heterocycles. The van der Waals surface area contributed by atoms with Gasteiger partial charge in [-0.25, -0.2) is 4.98 Å². The number of aromatic nitrogens is 2. The van der Waals surface area contributed by atoms with Crippen LogP contribution >= 0.6 is 0 Å². The molecule has 1 aromatic rings. The van der Waals surface area contributed by atoms with E-state index in [0.29, 0.717) is 5.88 Å². The molecule has 0 aromatic carbocycles. The molecule has 3 heteroatoms. The van der Waals surface area contributed by atoms with Crippen LogP contribution < -0.4 is 4.74 Å². The van der Waals surface area contributed by atoms with Gasteiger partial charge in [-0.3, -0.25) is 0 Å². The van der Waals surface area contributed by atoms with E-state index in [2.05, 4.69) is 25.8 Å². The fourth-order valence-electron chi connectivity index (χ4n) is 0.777. The van der Waals surface area contributed by atoms with Crippen molar-refractivity contribution in [3.05, 3.63) is 12.5 Å². The van der Waals surface area contributed by atoms with Gasteiger partial charge >= 0.3 is 0 Å². The molecule has 0 aliphatic carbocycles. The first-order chi connectivity index (χ1) is 5.04. The van der Waals surface area contributed by atoms with Gasteiger partial charge in [0.2, 0.25) is 5.88 Å². The molecule has 0 amide bonds. The number of hydrogen-bond donors (Lipinski definition) is 0. The minimum atomic E-state index is 0.0871. The van der Waals surface area contributed by atoms with Gasteiger partial charge in [-0.1, -0.05) is 0 Å². The van der Waals surface area contributed by atoms with E-state index < -0.39 is 0 Å². The second kappa shape index (κ2) is 2.57. The third-order valence-electron chi connectivity index (χ3n) is 1.54. The van der Waals surface area contributed by atoms with Gasteiger partial charge in [0.05, 0.1) is 19.6 Å². The normalized spacial score (nSPS) is 11.6. The van der Waals surface area contributed by atoms with Crippen LogP contribution in [-0.4, -0.2) is 16.7 Å². The molecule has 1 aromatic heterocycles. The second-order valence-corrected chi connectivity index (χ2v) is 3.49. The van der Waals surface area contributed by atoms with Crippen molar-refractivity contribution < 1.29 is 4.74 Å². The van der Waals surface area contributed by atoms with E-state index in [1.807, 2.05) is 10.8 Å². The van der Waals surface area contributed by atoms with Crippen LogP contribution in [0.4, 0.5) is 0 Å². The summed E-state index contributed by atoms with van der Waals surface area (Å²) in [6.07, 6.45) is 3.67. The highest BCUT2D eigenvalue weighted by Gasteiger charge is 2.12. The Morgan fingerprint density at radius 1 is 1.45 bits per heavy atom. The molecule has 0 aliphatic rings. The lowest BCUT2D eigenvalue weighted by atomic mass is 10.1. The van der Waals surface area contributed by atoms with Gasteiger partial charge in [0, 0.05) is 5.54 Å². The fraction of sp³-hybridized carbons (Fsp3) is 0.625. The Balaban J connectivity index is 2.89. The highest BCUT2D eigenvalue weighted by atomic mass is 16.5. The molecule has 11 heavy (non-hydrogen) atoms. The third kappa shape index (κ3) is 1.73. The van der Waals surface area contributed by atoms with Crippen molar-refractivity contribution >= 4 is 0 Å². The number of rotatable bonds is 1. The molecule has 0 saturated carbocycles. The van der Waals surface area contributed by atoms with Crippen LogP contribution in [0.3, 0.4) is 0 Å². The molecule has 0 saturated heterocycles. The van der Waals surface area contributed by atoms with Crippen LogP contribution in [0.5, 0.6) is 5.88 Å². The summed E-state index contributed by atoms with van der Waals surface area (Å²) in [6, 6.07) is 0. The zero-order valence-electron chi connectivity index (χ0n) is 7.46. The smallest absolute Gasteiger partial charge is 0.231 e. The van der Waals surface area contributed by atoms with Crippen molar-refractivity contribution in [1.82, 2.24) is 9.55 Å². The van der Waals surface area contributed by atoms with Crippen molar-refractivity contribution in [2.24, 2.45) is 0 Å². The van der Waals surface area contributed by atoms with Crippen molar-refractivity contribution in [3.63, 3.8) is 0 Å². The van der Waals surface area contributed by atoms with E-state index in [1.165, 1.54) is 0 Å². The largest absolute Gasteiger partial charge is 0.480 e. The Labute approximate surface area is 67.0 Å². The Morgan fingerprint density at radius 2 is 2.09 bits per heavy atom. The third-order valence-corrected chi connectivity index (χ3v) is 1.54. The first-order valence-corrected chi connectivity index (χ1v) is 3.62. The van der Waals surface area contributed by atoms with Crippen molar-refractivity contribution in [3.8, 4) is 5.88 Å². The summed E-state index contributed by atoms with van der Waals surface area (Å²) in [5.74, 6) is 0.667. The van der Waals surface area contributed by atoms with E-state index >= 15 is 0 Å². The summed E-state index contributed by atoms with van der Waals surface area (Å²) in [6.45, 7) is 6.36. The van der Waals surface area contributed by atoms with Crippen molar-refractivity contribution in [2.45, 2.75) is 26.3 Å². The first kappa shape index (κ1) is 8.11. The monoisotopic (exact) mass is 154 g/mol. The lowest BCUT2D eigenvalue weighted by Gasteiger charge is -2.19. The minimum Gasteiger partial charge on any atom is -0.480 e. The summed E-state index contributed by atoms with van der Waals surface area (Å²) in [5, 5.41) is 0. The Kier molecular flexibility index (Phi) is 1.89. The zero-order chi connectivity index (χ0) is 8.48. The fourth-order valence-corrected chi connectivity index (χ4v) is 0.777. The number of imidazole rings is 1. The Hall–Kier alpha value is -0.990. The minimum absolute atomic E-state index is 0.0871. The molecule has 0 spiro atoms. The maximum Gasteiger partial charge on any atom is 0.231 e. The molecular formula is C8H14N2O. The maximum absolute atomic E-state index is 4.96. The molecule has 0 unspecified atom stereocenters. The first-order valence-electron chi connectivity index (χ1n) is 3.62. The van der Waals surface area contributed by atoms with E-state index in [9.17, 15) is 0 Å². The molecule has 0 aliphatic heterocycles. The van der Waals surface area contributed by atoms with Gasteiger partial charge in [0.15, 0.2) is 0 Å². The number of methoxy groups -OCH3 is 1. The zero-order valence-corrected chi connectivity index (χ0v) is 7.46. The topological polar surface area (TPSA) is 27.1 Å². The second-order valence-electron chi connectivity index (χ2n) is 3.49. The van der Waals surface area contributed by atoms with E-state index in [1.54, 1.807) is 13.4 Å². The quantitative estimate of drug-likeness (QED) is 0.615. The summed E-state index contributed by atoms with van der Waals surface area (Å²) in [4.78, 5) is 4.04. The van der Waals surface area contributed by atoms with Crippen LogP contribution in [0.25, 0.3) is 0 Å². The van der Waals surface area contributed by atoms with Crippen molar-refractivity contribution in [2.75, 3.05) is 7.11 Å². The van der Waals surface area contributed by atoms with Crippen LogP contribution in [-0.2, 0) is 5.54 Å². The highest BCUT2D eigenvalue weighted by molar-refractivity contribution is 5.05. The van der Waals surface area contributed by atoms with E-state index in [-0.39, 0.29) is 5.54 Å². The molecule has 0 N–H and O–H groups in total. The van der Waals surface area contributed by atoms with Gasteiger partial charge in [0.1, 0.15) is 0 Å². The lowest BCUT2D eigenvalue weighted by molar-refractivity contribution is 0.382. The number of nitrogens with zero attached hydrogens (tertiary/aromatic N) is 2. The van der Waals surface area contributed by atoms with Gasteiger partial charge in [0.25, 0.3) is 0 Å². The van der Waals surface area contributed by atoms with Gasteiger partial charge < -0.3 is 9.30 Å². The standard InChI is InChI=1S/C8H14N2O/c1-8(2,3)10-5-7(11-4)9-6-10/h5-6H,1-4H3. The van der Waals surface area contributed by atoms with Crippen LogP contribution in [0.15, 0.2) is 12.5 Å². The Morgan fingerprint density at radius 3 is 2.36 bits per heavy atom. The Bertz CT molecular complexity index is 234. The average Bonchev–Trinajstić information content (AvgIpc) is 2.32. The van der Waals surface area contributed by atoms with Crippen LogP contribution in [0, 0.1) is 0 Å². The predicted molar refractivity (Wildman–Crippen MR) is 43.8 cm³/mol. The molecule has 1 rings (SSSR count). The summed E-state index contributed by atoms with van der Waals surface area (Å²) in [5.41, 5.74) is 0.0871. The molecule has 0 bridgehead atoms. The van der Waals surface area contributed by atoms with Crippen LogP contribution in [0.1, 0.15) is 20.8 Å². The van der Waals surface area contributed by atoms with E-state index in [0.717, 1.165) is 0 Å². The molecule has 0 fully saturated rings. The SMILES string of the molecule is COc1cn(C(C)(C)C)cn1. The number of hydrogen-bond acceptors (Lipinski definition) is 2. The van der Waals surface area contributed by atoms with Gasteiger partial charge in [-0.05, 0) is 20.8 Å². The summed E-state index contributed by atoms with van der Waals surface area (Å²) >= 11 is 0. The predicted octanol–water partition coefficient (Wildman–Crippen LogP) is 1.65. The lowest BCUT2D eigenvalue weighted by Crippen LogP contribution is -2.19. The molecule has 0 radical (unpaired) electrons. The molecule has 62 valence electrons. The summed E-state index contributed by atoms with van der Waals surface area (Å²) < 4.78 is 6.98.